The third-order valence-corrected chi connectivity index (χ3v) is 9.34. The third-order valence-electron chi connectivity index (χ3n) is 6.81. The van der Waals surface area contributed by atoms with Crippen LogP contribution in [-0.2, 0) is 32.6 Å². The van der Waals surface area contributed by atoms with Crippen LogP contribution in [0, 0.1) is 0 Å². The SMILES string of the molecule is CC(C)(C)NC(=O)C(Cc1ccccc1)N(Cc1ccc(Cl)cc1)C(=O)CN(c1cccc(Cl)c1)S(=O)(=O)c1ccc(Cl)cc1. The first kappa shape index (κ1) is 34.3. The van der Waals surface area contributed by atoms with E-state index in [0.29, 0.717) is 20.6 Å². The quantitative estimate of drug-likeness (QED) is 0.178. The van der Waals surface area contributed by atoms with E-state index in [0.717, 1.165) is 9.87 Å². The van der Waals surface area contributed by atoms with Crippen molar-refractivity contribution in [3.05, 3.63) is 129 Å². The van der Waals surface area contributed by atoms with Crippen LogP contribution in [0.3, 0.4) is 0 Å². The van der Waals surface area contributed by atoms with Gasteiger partial charge < -0.3 is 10.2 Å². The number of halogens is 3. The van der Waals surface area contributed by atoms with Crippen molar-refractivity contribution in [3.63, 3.8) is 0 Å². The number of benzene rings is 4. The van der Waals surface area contributed by atoms with E-state index in [9.17, 15) is 18.0 Å². The maximum Gasteiger partial charge on any atom is 0.264 e. The number of nitrogens with one attached hydrogen (secondary N) is 1. The first-order chi connectivity index (χ1) is 21.2. The number of carbonyl (C=O) groups excluding carboxylic acids is 2. The van der Waals surface area contributed by atoms with E-state index in [-0.39, 0.29) is 29.5 Å². The molecular weight excluding hydrogens is 653 g/mol. The fourth-order valence-corrected chi connectivity index (χ4v) is 6.53. The van der Waals surface area contributed by atoms with Crippen LogP contribution in [-0.4, -0.2) is 43.3 Å². The molecule has 11 heteroatoms. The second kappa shape index (κ2) is 14.7. The molecule has 0 fully saturated rings. The average molecular weight is 687 g/mol. The Morgan fingerprint density at radius 2 is 1.36 bits per heavy atom. The highest BCUT2D eigenvalue weighted by atomic mass is 35.5. The zero-order valence-corrected chi connectivity index (χ0v) is 28.2. The summed E-state index contributed by atoms with van der Waals surface area (Å²) < 4.78 is 29.1. The molecule has 45 heavy (non-hydrogen) atoms. The Kier molecular flexibility index (Phi) is 11.2. The largest absolute Gasteiger partial charge is 0.350 e. The first-order valence-corrected chi connectivity index (χ1v) is 16.7. The Morgan fingerprint density at radius 1 is 0.756 bits per heavy atom. The summed E-state index contributed by atoms with van der Waals surface area (Å²) in [5, 5.41) is 4.18. The highest BCUT2D eigenvalue weighted by Crippen LogP contribution is 2.28. The Labute approximate surface area is 279 Å². The molecular formula is C34H34Cl3N3O4S. The van der Waals surface area contributed by atoms with Gasteiger partial charge in [-0.05, 0) is 86.5 Å². The molecule has 1 atom stereocenters. The van der Waals surface area contributed by atoms with E-state index in [1.807, 2.05) is 51.1 Å². The van der Waals surface area contributed by atoms with Crippen molar-refractivity contribution in [2.24, 2.45) is 0 Å². The lowest BCUT2D eigenvalue weighted by Gasteiger charge is -2.35. The molecule has 1 N–H and O–H groups in total. The fraction of sp³-hybridized carbons (Fsp3) is 0.235. The van der Waals surface area contributed by atoms with Crippen molar-refractivity contribution in [1.29, 1.82) is 0 Å². The average Bonchev–Trinajstić information content (AvgIpc) is 2.98. The van der Waals surface area contributed by atoms with Crippen LogP contribution in [0.4, 0.5) is 5.69 Å². The van der Waals surface area contributed by atoms with E-state index >= 15 is 0 Å². The van der Waals surface area contributed by atoms with Crippen molar-refractivity contribution in [3.8, 4) is 0 Å². The molecule has 4 aromatic rings. The van der Waals surface area contributed by atoms with Gasteiger partial charge in [0.05, 0.1) is 10.6 Å². The smallest absolute Gasteiger partial charge is 0.264 e. The second-order valence-corrected chi connectivity index (χ2v) is 14.7. The predicted molar refractivity (Wildman–Crippen MR) is 181 cm³/mol. The molecule has 1 unspecified atom stereocenters. The summed E-state index contributed by atoms with van der Waals surface area (Å²) in [5.74, 6) is -0.962. The van der Waals surface area contributed by atoms with Gasteiger partial charge in [-0.1, -0.05) is 83.3 Å². The maximum absolute atomic E-state index is 14.5. The van der Waals surface area contributed by atoms with Gasteiger partial charge in [0.15, 0.2) is 0 Å². The number of anilines is 1. The molecule has 236 valence electrons. The van der Waals surface area contributed by atoms with Crippen LogP contribution in [0.1, 0.15) is 31.9 Å². The van der Waals surface area contributed by atoms with Gasteiger partial charge in [0, 0.05) is 33.6 Å². The van der Waals surface area contributed by atoms with Gasteiger partial charge in [-0.2, -0.15) is 0 Å². The molecule has 0 aromatic heterocycles. The van der Waals surface area contributed by atoms with E-state index in [2.05, 4.69) is 5.32 Å². The Balaban J connectivity index is 1.81. The lowest BCUT2D eigenvalue weighted by molar-refractivity contribution is -0.140. The zero-order chi connectivity index (χ0) is 32.8. The van der Waals surface area contributed by atoms with E-state index in [1.54, 1.807) is 42.5 Å². The molecule has 4 aromatic carbocycles. The Morgan fingerprint density at radius 3 is 1.93 bits per heavy atom. The standard InChI is InChI=1S/C34H34Cl3N3O4S/c1-34(2,3)38-33(42)31(20-24-8-5-4-6-9-24)39(22-25-12-14-26(35)15-13-25)32(41)23-40(29-11-7-10-28(37)21-29)45(43,44)30-18-16-27(36)17-19-30/h4-19,21,31H,20,22-23H2,1-3H3,(H,38,42). The number of carbonyl (C=O) groups is 2. The minimum Gasteiger partial charge on any atom is -0.350 e. The van der Waals surface area contributed by atoms with Crippen LogP contribution >= 0.6 is 34.8 Å². The lowest BCUT2D eigenvalue weighted by atomic mass is 10.0. The monoisotopic (exact) mass is 685 g/mol. The molecule has 0 radical (unpaired) electrons. The summed E-state index contributed by atoms with van der Waals surface area (Å²) in [7, 11) is -4.28. The maximum atomic E-state index is 14.5. The van der Waals surface area contributed by atoms with Crippen LogP contribution < -0.4 is 9.62 Å². The molecule has 0 aliphatic carbocycles. The van der Waals surface area contributed by atoms with E-state index < -0.39 is 34.1 Å². The molecule has 0 heterocycles. The van der Waals surface area contributed by atoms with Crippen molar-refractivity contribution in [1.82, 2.24) is 10.2 Å². The fourth-order valence-electron chi connectivity index (χ4n) is 4.69. The van der Waals surface area contributed by atoms with Gasteiger partial charge in [-0.3, -0.25) is 13.9 Å². The van der Waals surface area contributed by atoms with Crippen molar-refractivity contribution in [2.75, 3.05) is 10.8 Å². The molecule has 0 spiro atoms. The van der Waals surface area contributed by atoms with Crippen molar-refractivity contribution < 1.29 is 18.0 Å². The summed E-state index contributed by atoms with van der Waals surface area (Å²) in [6.07, 6.45) is 0.198. The Hall–Kier alpha value is -3.56. The number of amides is 2. The van der Waals surface area contributed by atoms with Gasteiger partial charge in [-0.25, -0.2) is 8.42 Å². The zero-order valence-electron chi connectivity index (χ0n) is 25.1. The molecule has 0 saturated heterocycles. The molecule has 0 aliphatic rings. The molecule has 0 saturated carbocycles. The minimum absolute atomic E-state index is 0.0233. The van der Waals surface area contributed by atoms with Gasteiger partial charge in [0.1, 0.15) is 12.6 Å². The van der Waals surface area contributed by atoms with Crippen LogP contribution in [0.5, 0.6) is 0 Å². The van der Waals surface area contributed by atoms with E-state index in [1.165, 1.54) is 35.2 Å². The van der Waals surface area contributed by atoms with Gasteiger partial charge in [0.2, 0.25) is 11.8 Å². The number of nitrogens with zero attached hydrogens (tertiary/aromatic N) is 2. The topological polar surface area (TPSA) is 86.8 Å². The predicted octanol–water partition coefficient (Wildman–Crippen LogP) is 7.40. The molecule has 4 rings (SSSR count). The summed E-state index contributed by atoms with van der Waals surface area (Å²) in [4.78, 5) is 29.8. The number of sulfonamides is 1. The van der Waals surface area contributed by atoms with Gasteiger partial charge in [-0.15, -0.1) is 0 Å². The molecule has 0 aliphatic heterocycles. The molecule has 0 bridgehead atoms. The van der Waals surface area contributed by atoms with Crippen LogP contribution in [0.2, 0.25) is 15.1 Å². The lowest BCUT2D eigenvalue weighted by Crippen LogP contribution is -2.56. The summed E-state index contributed by atoms with van der Waals surface area (Å²) in [6, 6.07) is 27.2. The number of hydrogen-bond donors (Lipinski definition) is 1. The Bertz CT molecular complexity index is 1730. The number of hydrogen-bond acceptors (Lipinski definition) is 4. The molecule has 2 amide bonds. The second-order valence-electron chi connectivity index (χ2n) is 11.5. The highest BCUT2D eigenvalue weighted by Gasteiger charge is 2.35. The van der Waals surface area contributed by atoms with Crippen LogP contribution in [0.15, 0.2) is 108 Å². The van der Waals surface area contributed by atoms with E-state index in [4.69, 9.17) is 34.8 Å². The summed E-state index contributed by atoms with van der Waals surface area (Å²) in [5.41, 5.74) is 1.15. The summed E-state index contributed by atoms with van der Waals surface area (Å²) >= 11 is 18.4. The minimum atomic E-state index is -4.28. The van der Waals surface area contributed by atoms with Crippen molar-refractivity contribution >= 4 is 62.3 Å². The summed E-state index contributed by atoms with van der Waals surface area (Å²) in [6.45, 7) is 4.99. The normalized spacial score (nSPS) is 12.3. The third kappa shape index (κ3) is 9.47. The molecule has 7 nitrogen and oxygen atoms in total. The van der Waals surface area contributed by atoms with Gasteiger partial charge >= 0.3 is 0 Å². The van der Waals surface area contributed by atoms with Crippen molar-refractivity contribution in [2.45, 2.75) is 50.2 Å². The highest BCUT2D eigenvalue weighted by molar-refractivity contribution is 7.92. The van der Waals surface area contributed by atoms with Gasteiger partial charge in [0.25, 0.3) is 10.0 Å². The first-order valence-electron chi connectivity index (χ1n) is 14.2. The van der Waals surface area contributed by atoms with Crippen LogP contribution in [0.25, 0.3) is 0 Å². The number of rotatable bonds is 11.